The molecule has 1 aliphatic heterocycles. The van der Waals surface area contributed by atoms with Crippen LogP contribution in [0, 0.1) is 0 Å². The molecule has 1 aliphatic rings. The summed E-state index contributed by atoms with van der Waals surface area (Å²) in [5.41, 5.74) is 5.41. The molecule has 2 nitrogen and oxygen atoms in total. The Morgan fingerprint density at radius 3 is 3.00 bits per heavy atom. The van der Waals surface area contributed by atoms with E-state index in [-0.39, 0.29) is 0 Å². The van der Waals surface area contributed by atoms with E-state index in [1.54, 1.807) is 0 Å². The van der Waals surface area contributed by atoms with E-state index in [9.17, 15) is 0 Å². The highest BCUT2D eigenvalue weighted by molar-refractivity contribution is 9.09. The molecule has 3 heteroatoms. The summed E-state index contributed by atoms with van der Waals surface area (Å²) in [5.74, 6) is 0.734. The smallest absolute Gasteiger partial charge is 0.265 e. The zero-order valence-corrected chi connectivity index (χ0v) is 5.98. The third kappa shape index (κ3) is 1.33. The average molecular weight is 176 g/mol. The van der Waals surface area contributed by atoms with E-state index in [2.05, 4.69) is 20.9 Å². The maximum atomic E-state index is 5.41. The number of halogens is 1. The fraction of sp³-hybridized carbons (Fsp3) is 0.400. The lowest BCUT2D eigenvalue weighted by Gasteiger charge is -2.00. The first-order valence-electron chi connectivity index (χ1n) is 2.48. The molecule has 0 aliphatic carbocycles. The topological polar surface area (TPSA) is 40.0 Å². The summed E-state index contributed by atoms with van der Waals surface area (Å²) in [4.78, 5) is 3.33. The molecule has 1 heterocycles. The summed E-state index contributed by atoms with van der Waals surface area (Å²) in [6, 6.07) is 0. The summed E-state index contributed by atoms with van der Waals surface area (Å²) in [6.45, 7) is 0. The maximum Gasteiger partial charge on any atom is 0.265 e. The highest BCUT2D eigenvalue weighted by Crippen LogP contribution is 1.96. The number of amidine groups is 1. The molecule has 0 radical (unpaired) electrons. The predicted molar refractivity (Wildman–Crippen MR) is 36.6 cm³/mol. The van der Waals surface area contributed by atoms with Crippen LogP contribution in [0.4, 0.5) is 0 Å². The molecule has 0 bridgehead atoms. The van der Waals surface area contributed by atoms with Crippen LogP contribution in [-0.2, 0) is 0 Å². The van der Waals surface area contributed by atoms with Gasteiger partial charge in [-0.25, -0.2) is 0 Å². The second kappa shape index (κ2) is 2.31. The van der Waals surface area contributed by atoms with Gasteiger partial charge in [-0.3, -0.25) is 10.7 Å². The van der Waals surface area contributed by atoms with Crippen molar-refractivity contribution < 1.29 is 4.99 Å². The monoisotopic (exact) mass is 175 g/mol. The molecule has 0 amide bonds. The minimum Gasteiger partial charge on any atom is -0.287 e. The van der Waals surface area contributed by atoms with Crippen molar-refractivity contribution in [2.24, 2.45) is 5.73 Å². The van der Waals surface area contributed by atoms with Crippen LogP contribution in [0.3, 0.4) is 0 Å². The Morgan fingerprint density at radius 2 is 2.62 bits per heavy atom. The third-order valence-corrected chi connectivity index (χ3v) is 1.57. The summed E-state index contributed by atoms with van der Waals surface area (Å²) in [6.07, 6.45) is 4.91. The van der Waals surface area contributed by atoms with Crippen LogP contribution in [0.5, 0.6) is 0 Å². The molecule has 0 fully saturated rings. The molecule has 0 saturated carbocycles. The minimum absolute atomic E-state index is 0.326. The molecular formula is C5H8BrN2+. The minimum atomic E-state index is 0.326. The van der Waals surface area contributed by atoms with Crippen molar-refractivity contribution >= 4 is 21.8 Å². The maximum absolute atomic E-state index is 5.41. The lowest BCUT2D eigenvalue weighted by atomic mass is 10.3. The van der Waals surface area contributed by atoms with E-state index in [0.29, 0.717) is 4.95 Å². The first-order valence-corrected chi connectivity index (χ1v) is 3.40. The van der Waals surface area contributed by atoms with Gasteiger partial charge in [0.15, 0.2) is 4.95 Å². The van der Waals surface area contributed by atoms with Crippen molar-refractivity contribution in [3.8, 4) is 0 Å². The molecular weight excluding hydrogens is 168 g/mol. The van der Waals surface area contributed by atoms with E-state index in [4.69, 9.17) is 5.73 Å². The lowest BCUT2D eigenvalue weighted by Crippen LogP contribution is -2.80. The van der Waals surface area contributed by atoms with Gasteiger partial charge in [0.1, 0.15) is 0 Å². The second-order valence-corrected chi connectivity index (χ2v) is 2.81. The van der Waals surface area contributed by atoms with Crippen LogP contribution >= 0.6 is 15.9 Å². The van der Waals surface area contributed by atoms with Crippen LogP contribution in [0.1, 0.15) is 6.42 Å². The van der Waals surface area contributed by atoms with Crippen LogP contribution in [0.2, 0.25) is 0 Å². The number of hydrogen-bond donors (Lipinski definition) is 2. The molecule has 0 spiro atoms. The van der Waals surface area contributed by atoms with Crippen molar-refractivity contribution in [3.05, 3.63) is 12.2 Å². The molecule has 0 aromatic carbocycles. The molecule has 8 heavy (non-hydrogen) atoms. The summed E-state index contributed by atoms with van der Waals surface area (Å²) < 4.78 is 0. The second-order valence-electron chi connectivity index (χ2n) is 1.71. The standard InChI is InChI=1S/C5H7BrN2/c6-4-2-1-3-5(7)8-4/h1,3-4H,2H2,(H2,7,8)/p+1/t4-/m1/s1. The fourth-order valence-corrected chi connectivity index (χ4v) is 1.08. The Kier molecular flexibility index (Phi) is 1.68. The van der Waals surface area contributed by atoms with Crippen molar-refractivity contribution in [2.75, 3.05) is 0 Å². The van der Waals surface area contributed by atoms with Crippen molar-refractivity contribution in [2.45, 2.75) is 11.4 Å². The van der Waals surface area contributed by atoms with Gasteiger partial charge in [0, 0.05) is 12.5 Å². The predicted octanol–water partition coefficient (Wildman–Crippen LogP) is -0.895. The van der Waals surface area contributed by atoms with Crippen molar-refractivity contribution in [3.63, 3.8) is 0 Å². The highest BCUT2D eigenvalue weighted by atomic mass is 79.9. The largest absolute Gasteiger partial charge is 0.287 e. The van der Waals surface area contributed by atoms with Gasteiger partial charge in [-0.05, 0) is 15.9 Å². The number of rotatable bonds is 0. The normalized spacial score (nSPS) is 27.6. The quantitative estimate of drug-likeness (QED) is 0.364. The number of nitrogens with one attached hydrogen (secondary N) is 1. The summed E-state index contributed by atoms with van der Waals surface area (Å²) >= 11 is 3.37. The number of alkyl halides is 1. The Hall–Kier alpha value is -0.310. The van der Waals surface area contributed by atoms with Gasteiger partial charge >= 0.3 is 0 Å². The summed E-state index contributed by atoms with van der Waals surface area (Å²) in [7, 11) is 0. The summed E-state index contributed by atoms with van der Waals surface area (Å²) in [5, 5.41) is 0. The molecule has 0 aromatic rings. The Morgan fingerprint density at radius 1 is 1.88 bits per heavy atom. The van der Waals surface area contributed by atoms with Crippen LogP contribution in [-0.4, -0.2) is 10.8 Å². The average Bonchev–Trinajstić information content (AvgIpc) is 1.64. The zero-order chi connectivity index (χ0) is 5.98. The first-order chi connectivity index (χ1) is 3.79. The van der Waals surface area contributed by atoms with E-state index in [1.807, 2.05) is 12.2 Å². The van der Waals surface area contributed by atoms with Crippen molar-refractivity contribution in [1.82, 2.24) is 0 Å². The zero-order valence-electron chi connectivity index (χ0n) is 4.39. The van der Waals surface area contributed by atoms with Crippen LogP contribution < -0.4 is 10.7 Å². The van der Waals surface area contributed by atoms with Crippen LogP contribution in [0.25, 0.3) is 0 Å². The van der Waals surface area contributed by atoms with Gasteiger partial charge in [0.25, 0.3) is 5.84 Å². The van der Waals surface area contributed by atoms with Gasteiger partial charge in [0.05, 0.1) is 0 Å². The third-order valence-electron chi connectivity index (χ3n) is 0.964. The van der Waals surface area contributed by atoms with Gasteiger partial charge in [-0.2, -0.15) is 0 Å². The number of hydrogen-bond acceptors (Lipinski definition) is 1. The molecule has 0 saturated heterocycles. The van der Waals surface area contributed by atoms with Crippen molar-refractivity contribution in [1.29, 1.82) is 0 Å². The van der Waals surface area contributed by atoms with E-state index in [1.165, 1.54) is 0 Å². The van der Waals surface area contributed by atoms with E-state index >= 15 is 0 Å². The molecule has 0 aromatic heterocycles. The molecule has 0 unspecified atom stereocenters. The molecule has 1 atom stereocenters. The van der Waals surface area contributed by atoms with Gasteiger partial charge in [-0.1, -0.05) is 6.08 Å². The SMILES string of the molecule is NC1=[NH+][C@@H](Br)CC=C1. The fourth-order valence-electron chi connectivity index (χ4n) is 0.602. The Labute approximate surface area is 56.6 Å². The van der Waals surface area contributed by atoms with E-state index in [0.717, 1.165) is 12.3 Å². The van der Waals surface area contributed by atoms with E-state index < -0.39 is 0 Å². The van der Waals surface area contributed by atoms with Gasteiger partial charge < -0.3 is 0 Å². The van der Waals surface area contributed by atoms with Gasteiger partial charge in [-0.15, -0.1) is 0 Å². The molecule has 1 rings (SSSR count). The number of nitrogens with two attached hydrogens (primary N) is 1. The first kappa shape index (κ1) is 5.82. The Balaban J connectivity index is 2.63. The highest BCUT2D eigenvalue weighted by Gasteiger charge is 2.06. The van der Waals surface area contributed by atoms with Crippen LogP contribution in [0.15, 0.2) is 12.2 Å². The molecule has 44 valence electrons. The molecule has 3 N–H and O–H groups in total. The Bertz CT molecular complexity index is 139. The van der Waals surface area contributed by atoms with Gasteiger partial charge in [0.2, 0.25) is 0 Å². The lowest BCUT2D eigenvalue weighted by molar-refractivity contribution is -0.471.